The Morgan fingerprint density at radius 2 is 1.27 bits per heavy atom. The lowest BCUT2D eigenvalue weighted by Gasteiger charge is -2.33. The van der Waals surface area contributed by atoms with Gasteiger partial charge in [0.2, 0.25) is 0 Å². The Kier molecular flexibility index (Phi) is 6.86. The number of hydrogen-bond acceptors (Lipinski definition) is 2. The minimum Gasteiger partial charge on any atom is -0.390 e. The summed E-state index contributed by atoms with van der Waals surface area (Å²) in [7, 11) is 0. The molecule has 2 aromatic carbocycles. The van der Waals surface area contributed by atoms with Crippen molar-refractivity contribution >= 4 is 22.6 Å². The first-order valence-electron chi connectivity index (χ1n) is 7.72. The zero-order valence-corrected chi connectivity index (χ0v) is 15.3. The van der Waals surface area contributed by atoms with Gasteiger partial charge in [0.15, 0.2) is 0 Å². The zero-order valence-electron chi connectivity index (χ0n) is 13.2. The fourth-order valence-electron chi connectivity index (χ4n) is 2.58. The summed E-state index contributed by atoms with van der Waals surface area (Å²) in [5.41, 5.74) is 2.55. The predicted molar refractivity (Wildman–Crippen MR) is 101 cm³/mol. The Balaban J connectivity index is 2.16. The molecule has 1 N–H and O–H groups in total. The highest BCUT2D eigenvalue weighted by atomic mass is 127. The number of rotatable bonds is 7. The first-order chi connectivity index (χ1) is 10.6. The molecule has 0 aliphatic rings. The molecule has 22 heavy (non-hydrogen) atoms. The molecule has 0 radical (unpaired) electrons. The molecule has 0 unspecified atom stereocenters. The summed E-state index contributed by atoms with van der Waals surface area (Å²) in [5, 5.41) is 10.5. The average molecular weight is 409 g/mol. The van der Waals surface area contributed by atoms with E-state index in [1.165, 1.54) is 11.1 Å². The summed E-state index contributed by atoms with van der Waals surface area (Å²) in [6, 6.07) is 21.0. The van der Waals surface area contributed by atoms with E-state index < -0.39 is 0 Å². The normalized spacial score (nSPS) is 15.5. The van der Waals surface area contributed by atoms with Crippen LogP contribution in [0.2, 0.25) is 0 Å². The second-order valence-electron chi connectivity index (χ2n) is 5.78. The van der Waals surface area contributed by atoms with Crippen LogP contribution in [0.15, 0.2) is 60.7 Å². The maximum absolute atomic E-state index is 10.5. The third-order valence-corrected chi connectivity index (χ3v) is 4.73. The Morgan fingerprint density at radius 3 is 1.64 bits per heavy atom. The van der Waals surface area contributed by atoms with Gasteiger partial charge < -0.3 is 5.11 Å². The van der Waals surface area contributed by atoms with Crippen LogP contribution in [-0.4, -0.2) is 26.1 Å². The lowest BCUT2D eigenvalue weighted by Crippen LogP contribution is -2.43. The van der Waals surface area contributed by atoms with E-state index in [0.717, 1.165) is 13.1 Å². The van der Waals surface area contributed by atoms with Crippen LogP contribution in [-0.2, 0) is 13.1 Å². The van der Waals surface area contributed by atoms with Crippen LogP contribution in [0.25, 0.3) is 0 Å². The average Bonchev–Trinajstić information content (AvgIpc) is 2.54. The zero-order chi connectivity index (χ0) is 15.9. The van der Waals surface area contributed by atoms with Gasteiger partial charge in [0.05, 0.1) is 6.10 Å². The lowest BCUT2D eigenvalue weighted by molar-refractivity contribution is 0.0529. The number of aliphatic hydroxyl groups excluding tert-OH is 1. The third kappa shape index (κ3) is 5.07. The summed E-state index contributed by atoms with van der Waals surface area (Å²) in [4.78, 5) is 2.35. The van der Waals surface area contributed by atoms with Crippen molar-refractivity contribution in [3.63, 3.8) is 0 Å². The SMILES string of the molecule is C[C@H]([C@@H](O)[C@@H](C)I)N(Cc1ccccc1)Cc1ccccc1. The van der Waals surface area contributed by atoms with Crippen LogP contribution in [0.3, 0.4) is 0 Å². The van der Waals surface area contributed by atoms with E-state index >= 15 is 0 Å². The standard InChI is InChI=1S/C19H24INO/c1-15(20)19(22)16(2)21(13-17-9-5-3-6-10-17)14-18-11-7-4-8-12-18/h3-12,15-16,19,22H,13-14H2,1-2H3/t15-,16-,19+/m1/s1. The van der Waals surface area contributed by atoms with Gasteiger partial charge >= 0.3 is 0 Å². The van der Waals surface area contributed by atoms with Gasteiger partial charge in [-0.2, -0.15) is 0 Å². The molecule has 0 aliphatic carbocycles. The molecular formula is C19H24INO. The van der Waals surface area contributed by atoms with Gasteiger partial charge in [0, 0.05) is 23.1 Å². The molecular weight excluding hydrogens is 385 g/mol. The van der Waals surface area contributed by atoms with E-state index in [0.29, 0.717) is 0 Å². The van der Waals surface area contributed by atoms with Crippen LogP contribution in [0.4, 0.5) is 0 Å². The number of aliphatic hydroxyl groups is 1. The smallest absolute Gasteiger partial charge is 0.0807 e. The molecule has 3 heteroatoms. The van der Waals surface area contributed by atoms with Gasteiger partial charge in [-0.1, -0.05) is 90.2 Å². The Bertz CT molecular complexity index is 502. The highest BCUT2D eigenvalue weighted by Gasteiger charge is 2.25. The molecule has 2 aromatic rings. The van der Waals surface area contributed by atoms with Crippen molar-refractivity contribution in [2.75, 3.05) is 0 Å². The Labute approximate surface area is 147 Å². The molecule has 118 valence electrons. The van der Waals surface area contributed by atoms with Crippen LogP contribution in [0, 0.1) is 0 Å². The molecule has 0 spiro atoms. The molecule has 0 heterocycles. The second kappa shape index (κ2) is 8.65. The van der Waals surface area contributed by atoms with Crippen molar-refractivity contribution < 1.29 is 5.11 Å². The van der Waals surface area contributed by atoms with E-state index in [1.54, 1.807) is 0 Å². The maximum Gasteiger partial charge on any atom is 0.0807 e. The van der Waals surface area contributed by atoms with Gasteiger partial charge in [-0.3, -0.25) is 4.90 Å². The van der Waals surface area contributed by atoms with E-state index in [2.05, 4.69) is 89.9 Å². The molecule has 0 aliphatic heterocycles. The first kappa shape index (κ1) is 17.4. The van der Waals surface area contributed by atoms with Crippen molar-refractivity contribution in [3.05, 3.63) is 71.8 Å². The second-order valence-corrected chi connectivity index (χ2v) is 7.75. The molecule has 2 nitrogen and oxygen atoms in total. The largest absolute Gasteiger partial charge is 0.390 e. The van der Waals surface area contributed by atoms with Gasteiger partial charge in [-0.25, -0.2) is 0 Å². The molecule has 0 amide bonds. The van der Waals surface area contributed by atoms with Crippen molar-refractivity contribution in [2.45, 2.75) is 43.0 Å². The van der Waals surface area contributed by atoms with E-state index in [-0.39, 0.29) is 16.1 Å². The molecule has 0 bridgehead atoms. The molecule has 0 saturated heterocycles. The first-order valence-corrected chi connectivity index (χ1v) is 8.96. The van der Waals surface area contributed by atoms with Crippen LogP contribution in [0.1, 0.15) is 25.0 Å². The minimum absolute atomic E-state index is 0.104. The van der Waals surface area contributed by atoms with E-state index in [1.807, 2.05) is 12.1 Å². The molecule has 0 fully saturated rings. The fraction of sp³-hybridized carbons (Fsp3) is 0.368. The maximum atomic E-state index is 10.5. The molecule has 0 aromatic heterocycles. The Hall–Kier alpha value is -0.910. The Morgan fingerprint density at radius 1 is 0.864 bits per heavy atom. The van der Waals surface area contributed by atoms with Crippen LogP contribution < -0.4 is 0 Å². The summed E-state index contributed by atoms with van der Waals surface area (Å²) in [6.07, 6.45) is -0.340. The summed E-state index contributed by atoms with van der Waals surface area (Å²) in [5.74, 6) is 0. The highest BCUT2D eigenvalue weighted by Crippen LogP contribution is 2.19. The van der Waals surface area contributed by atoms with E-state index in [9.17, 15) is 5.11 Å². The third-order valence-electron chi connectivity index (χ3n) is 4.00. The van der Waals surface area contributed by atoms with Crippen molar-refractivity contribution in [1.82, 2.24) is 4.90 Å². The molecule has 0 saturated carbocycles. The van der Waals surface area contributed by atoms with Gasteiger partial charge in [0.1, 0.15) is 0 Å². The van der Waals surface area contributed by atoms with Gasteiger partial charge in [0.25, 0.3) is 0 Å². The lowest BCUT2D eigenvalue weighted by atomic mass is 10.1. The molecule has 2 rings (SSSR count). The number of nitrogens with zero attached hydrogens (tertiary/aromatic N) is 1. The van der Waals surface area contributed by atoms with Gasteiger partial charge in [-0.15, -0.1) is 0 Å². The summed E-state index contributed by atoms with van der Waals surface area (Å²) >= 11 is 2.30. The van der Waals surface area contributed by atoms with Crippen LogP contribution >= 0.6 is 22.6 Å². The number of benzene rings is 2. The highest BCUT2D eigenvalue weighted by molar-refractivity contribution is 14.1. The summed E-state index contributed by atoms with van der Waals surface area (Å²) < 4.78 is 0.224. The predicted octanol–water partition coefficient (Wildman–Crippen LogP) is 4.26. The number of halogens is 1. The number of hydrogen-bond donors (Lipinski definition) is 1. The quantitative estimate of drug-likeness (QED) is 0.546. The minimum atomic E-state index is -0.340. The van der Waals surface area contributed by atoms with Crippen LogP contribution in [0.5, 0.6) is 0 Å². The van der Waals surface area contributed by atoms with Crippen molar-refractivity contribution in [2.24, 2.45) is 0 Å². The van der Waals surface area contributed by atoms with Gasteiger partial charge in [-0.05, 0) is 18.1 Å². The van der Waals surface area contributed by atoms with E-state index in [4.69, 9.17) is 0 Å². The molecule has 3 atom stereocenters. The summed E-state index contributed by atoms with van der Waals surface area (Å²) in [6.45, 7) is 5.87. The monoisotopic (exact) mass is 409 g/mol. The topological polar surface area (TPSA) is 23.5 Å². The fourth-order valence-corrected chi connectivity index (χ4v) is 3.18. The number of alkyl halides is 1. The van der Waals surface area contributed by atoms with Crippen molar-refractivity contribution in [1.29, 1.82) is 0 Å². The van der Waals surface area contributed by atoms with Crippen molar-refractivity contribution in [3.8, 4) is 0 Å².